The third-order valence-electron chi connectivity index (χ3n) is 3.39. The van der Waals surface area contributed by atoms with Crippen LogP contribution in [0.1, 0.15) is 40.5 Å². The molecule has 0 bridgehead atoms. The summed E-state index contributed by atoms with van der Waals surface area (Å²) in [6.45, 7) is 12.5. The van der Waals surface area contributed by atoms with Crippen molar-refractivity contribution in [3.8, 4) is 0 Å². The van der Waals surface area contributed by atoms with Gasteiger partial charge in [-0.05, 0) is 38.4 Å². The first-order chi connectivity index (χ1) is 7.43. The van der Waals surface area contributed by atoms with E-state index in [1.165, 1.54) is 25.9 Å². The van der Waals surface area contributed by atoms with Crippen molar-refractivity contribution in [2.45, 2.75) is 40.5 Å². The molecule has 0 radical (unpaired) electrons. The summed E-state index contributed by atoms with van der Waals surface area (Å²) in [7, 11) is 0. The Morgan fingerprint density at radius 2 is 1.88 bits per heavy atom. The number of nitrogens with one attached hydrogen (secondary N) is 1. The van der Waals surface area contributed by atoms with Gasteiger partial charge >= 0.3 is 0 Å². The van der Waals surface area contributed by atoms with E-state index in [2.05, 4.69) is 17.1 Å². The number of carbonyl (C=O) groups is 1. The first-order valence-electron chi connectivity index (χ1n) is 6.44. The van der Waals surface area contributed by atoms with Gasteiger partial charge in [-0.1, -0.05) is 27.7 Å². The van der Waals surface area contributed by atoms with Gasteiger partial charge in [0, 0.05) is 12.0 Å². The first kappa shape index (κ1) is 13.5. The second-order valence-corrected chi connectivity index (χ2v) is 5.84. The molecule has 1 aliphatic heterocycles. The smallest absolute Gasteiger partial charge is 0.225 e. The highest BCUT2D eigenvalue weighted by molar-refractivity contribution is 5.81. The topological polar surface area (TPSA) is 32.3 Å². The molecule has 0 aromatic rings. The van der Waals surface area contributed by atoms with Crippen LogP contribution in [0.15, 0.2) is 0 Å². The van der Waals surface area contributed by atoms with Gasteiger partial charge < -0.3 is 10.2 Å². The molecule has 1 amide bonds. The van der Waals surface area contributed by atoms with E-state index < -0.39 is 0 Å². The monoisotopic (exact) mass is 226 g/mol. The van der Waals surface area contributed by atoms with Gasteiger partial charge in [0.1, 0.15) is 0 Å². The van der Waals surface area contributed by atoms with Gasteiger partial charge in [0.25, 0.3) is 0 Å². The van der Waals surface area contributed by atoms with E-state index >= 15 is 0 Å². The second-order valence-electron chi connectivity index (χ2n) is 5.84. The van der Waals surface area contributed by atoms with Gasteiger partial charge in [0.2, 0.25) is 5.91 Å². The van der Waals surface area contributed by atoms with Gasteiger partial charge in [0.05, 0.1) is 0 Å². The van der Waals surface area contributed by atoms with E-state index in [1.54, 1.807) is 0 Å². The molecule has 1 saturated heterocycles. The number of hydrogen-bond acceptors (Lipinski definition) is 2. The molecular formula is C13H26N2O. The van der Waals surface area contributed by atoms with Crippen molar-refractivity contribution < 1.29 is 4.79 Å². The summed E-state index contributed by atoms with van der Waals surface area (Å²) in [5.41, 5.74) is -0.260. The summed E-state index contributed by atoms with van der Waals surface area (Å²) in [5, 5.41) is 3.07. The van der Waals surface area contributed by atoms with E-state index in [4.69, 9.17) is 0 Å². The maximum absolute atomic E-state index is 11.7. The number of nitrogens with zero attached hydrogens (tertiary/aromatic N) is 1. The fourth-order valence-corrected chi connectivity index (χ4v) is 2.01. The molecule has 1 heterocycles. The lowest BCUT2D eigenvalue weighted by Gasteiger charge is -2.31. The molecule has 0 saturated carbocycles. The van der Waals surface area contributed by atoms with Crippen LogP contribution < -0.4 is 5.32 Å². The Hall–Kier alpha value is -0.570. The van der Waals surface area contributed by atoms with E-state index in [9.17, 15) is 4.79 Å². The lowest BCUT2D eigenvalue weighted by molar-refractivity contribution is -0.128. The van der Waals surface area contributed by atoms with Crippen molar-refractivity contribution in [3.63, 3.8) is 0 Å². The minimum atomic E-state index is -0.260. The molecule has 0 aromatic carbocycles. The maximum Gasteiger partial charge on any atom is 0.225 e. The molecule has 0 unspecified atom stereocenters. The maximum atomic E-state index is 11.7. The van der Waals surface area contributed by atoms with Crippen molar-refractivity contribution in [1.29, 1.82) is 0 Å². The van der Waals surface area contributed by atoms with E-state index in [0.29, 0.717) is 5.92 Å². The highest BCUT2D eigenvalue weighted by Crippen LogP contribution is 2.17. The van der Waals surface area contributed by atoms with Crippen LogP contribution in [0, 0.1) is 11.3 Å². The lowest BCUT2D eigenvalue weighted by Crippen LogP contribution is -2.41. The molecule has 0 aliphatic carbocycles. The Labute approximate surface area is 99.6 Å². The predicted molar refractivity (Wildman–Crippen MR) is 67.3 cm³/mol. The highest BCUT2D eigenvalue weighted by atomic mass is 16.2. The lowest BCUT2D eigenvalue weighted by atomic mass is 9.93. The molecule has 1 aliphatic rings. The number of likely N-dealkylation sites (tertiary alicyclic amines) is 1. The zero-order valence-electron chi connectivity index (χ0n) is 11.2. The average Bonchev–Trinajstić information content (AvgIpc) is 2.25. The van der Waals surface area contributed by atoms with Gasteiger partial charge in [-0.3, -0.25) is 4.79 Å². The third-order valence-corrected chi connectivity index (χ3v) is 3.39. The van der Waals surface area contributed by atoms with Crippen LogP contribution in [0.25, 0.3) is 0 Å². The quantitative estimate of drug-likeness (QED) is 0.797. The molecule has 1 rings (SSSR count). The normalized spacial score (nSPS) is 19.8. The van der Waals surface area contributed by atoms with E-state index in [0.717, 1.165) is 13.1 Å². The van der Waals surface area contributed by atoms with Crippen LogP contribution in [0.2, 0.25) is 0 Å². The average molecular weight is 226 g/mol. The number of piperidine rings is 1. The summed E-state index contributed by atoms with van der Waals surface area (Å²) in [4.78, 5) is 14.2. The summed E-state index contributed by atoms with van der Waals surface area (Å²) < 4.78 is 0. The van der Waals surface area contributed by atoms with E-state index in [1.807, 2.05) is 20.8 Å². The molecule has 1 fully saturated rings. The van der Waals surface area contributed by atoms with Crippen LogP contribution in [0.5, 0.6) is 0 Å². The number of hydrogen-bond donors (Lipinski definition) is 1. The molecule has 1 N–H and O–H groups in total. The highest BCUT2D eigenvalue weighted by Gasteiger charge is 2.23. The van der Waals surface area contributed by atoms with Crippen LogP contribution >= 0.6 is 0 Å². The molecule has 3 heteroatoms. The molecular weight excluding hydrogens is 200 g/mol. The Morgan fingerprint density at radius 1 is 1.31 bits per heavy atom. The zero-order valence-corrected chi connectivity index (χ0v) is 11.2. The van der Waals surface area contributed by atoms with E-state index in [-0.39, 0.29) is 11.3 Å². The van der Waals surface area contributed by atoms with Gasteiger partial charge in [-0.2, -0.15) is 0 Å². The van der Waals surface area contributed by atoms with Crippen molar-refractivity contribution in [2.75, 3.05) is 26.2 Å². The first-order valence-corrected chi connectivity index (χ1v) is 6.44. The summed E-state index contributed by atoms with van der Waals surface area (Å²) in [6, 6.07) is 0. The summed E-state index contributed by atoms with van der Waals surface area (Å²) in [6.07, 6.45) is 2.44. The molecule has 16 heavy (non-hydrogen) atoms. The fraction of sp³-hybridized carbons (Fsp3) is 0.923. The van der Waals surface area contributed by atoms with Crippen molar-refractivity contribution in [1.82, 2.24) is 10.2 Å². The minimum Gasteiger partial charge on any atom is -0.355 e. The van der Waals surface area contributed by atoms with Crippen LogP contribution in [0.4, 0.5) is 0 Å². The second kappa shape index (κ2) is 5.67. The Kier molecular flexibility index (Phi) is 4.78. The van der Waals surface area contributed by atoms with Crippen molar-refractivity contribution >= 4 is 5.91 Å². The number of rotatable bonds is 3. The standard InChI is InChI=1S/C13H26N2O/c1-5-15-8-6-11(7-9-15)10-14-12(16)13(2,3)4/h11H,5-10H2,1-4H3,(H,14,16). The number of amides is 1. The Morgan fingerprint density at radius 3 is 2.31 bits per heavy atom. The van der Waals surface area contributed by atoms with Crippen LogP contribution in [0.3, 0.4) is 0 Å². The van der Waals surface area contributed by atoms with Gasteiger partial charge in [0.15, 0.2) is 0 Å². The van der Waals surface area contributed by atoms with Gasteiger partial charge in [-0.25, -0.2) is 0 Å². The third kappa shape index (κ3) is 4.12. The molecule has 0 spiro atoms. The molecule has 0 atom stereocenters. The zero-order chi connectivity index (χ0) is 12.2. The van der Waals surface area contributed by atoms with Gasteiger partial charge in [-0.15, -0.1) is 0 Å². The SMILES string of the molecule is CCN1CCC(CNC(=O)C(C)(C)C)CC1. The number of carbonyl (C=O) groups excluding carboxylic acids is 1. The predicted octanol–water partition coefficient (Wildman–Crippen LogP) is 1.88. The molecule has 3 nitrogen and oxygen atoms in total. The fourth-order valence-electron chi connectivity index (χ4n) is 2.01. The molecule has 0 aromatic heterocycles. The van der Waals surface area contributed by atoms with Crippen molar-refractivity contribution in [3.05, 3.63) is 0 Å². The molecule has 94 valence electrons. The summed E-state index contributed by atoms with van der Waals surface area (Å²) in [5.74, 6) is 0.847. The van der Waals surface area contributed by atoms with Crippen LogP contribution in [-0.2, 0) is 4.79 Å². The summed E-state index contributed by atoms with van der Waals surface area (Å²) >= 11 is 0. The largest absolute Gasteiger partial charge is 0.355 e. The Balaban J connectivity index is 2.22. The van der Waals surface area contributed by atoms with Crippen molar-refractivity contribution in [2.24, 2.45) is 11.3 Å². The van der Waals surface area contributed by atoms with Crippen LogP contribution in [-0.4, -0.2) is 37.0 Å². The Bertz CT molecular complexity index is 225. The minimum absolute atomic E-state index is 0.172.